The maximum absolute atomic E-state index is 11.8. The third kappa shape index (κ3) is 3.16. The van der Waals surface area contributed by atoms with Crippen LogP contribution < -0.4 is 11.1 Å². The van der Waals surface area contributed by atoms with Gasteiger partial charge in [-0.05, 0) is 26.0 Å². The molecule has 21 heavy (non-hydrogen) atoms. The van der Waals surface area contributed by atoms with Crippen molar-refractivity contribution in [3.8, 4) is 0 Å². The molecule has 0 fully saturated rings. The number of hydrogen-bond acceptors (Lipinski definition) is 5. The van der Waals surface area contributed by atoms with E-state index in [0.717, 1.165) is 11.3 Å². The molecule has 6 nitrogen and oxygen atoms in total. The van der Waals surface area contributed by atoms with Crippen molar-refractivity contribution in [3.05, 3.63) is 41.2 Å². The Morgan fingerprint density at radius 1 is 1.48 bits per heavy atom. The lowest BCUT2D eigenvalue weighted by molar-refractivity contribution is 0.0527. The summed E-state index contributed by atoms with van der Waals surface area (Å²) in [7, 11) is 1.90. The number of anilines is 2. The van der Waals surface area contributed by atoms with Crippen LogP contribution >= 0.6 is 0 Å². The molecule has 3 N–H and O–H groups in total. The molecule has 1 aromatic carbocycles. The normalized spacial score (nSPS) is 10.4. The first-order valence-electron chi connectivity index (χ1n) is 6.81. The number of nitrogens with one attached hydrogen (secondary N) is 1. The molecule has 2 rings (SSSR count). The zero-order valence-corrected chi connectivity index (χ0v) is 12.5. The molecule has 0 radical (unpaired) electrons. The summed E-state index contributed by atoms with van der Waals surface area (Å²) < 4.78 is 6.80. The van der Waals surface area contributed by atoms with E-state index in [1.54, 1.807) is 19.1 Å². The molecule has 0 spiro atoms. The predicted molar refractivity (Wildman–Crippen MR) is 82.1 cm³/mol. The molecule has 0 atom stereocenters. The van der Waals surface area contributed by atoms with Gasteiger partial charge in [0, 0.05) is 24.8 Å². The topological polar surface area (TPSA) is 82.2 Å². The zero-order valence-electron chi connectivity index (χ0n) is 12.5. The van der Waals surface area contributed by atoms with Crippen LogP contribution in [0.25, 0.3) is 0 Å². The fourth-order valence-corrected chi connectivity index (χ4v) is 2.01. The fraction of sp³-hybridized carbons (Fsp3) is 0.333. The number of aromatic nitrogens is 2. The number of benzene rings is 1. The van der Waals surface area contributed by atoms with Gasteiger partial charge in [0.2, 0.25) is 0 Å². The van der Waals surface area contributed by atoms with Crippen LogP contribution in [-0.2, 0) is 18.3 Å². The maximum atomic E-state index is 11.8. The average Bonchev–Trinajstić information content (AvgIpc) is 2.78. The van der Waals surface area contributed by atoms with Gasteiger partial charge in [0.1, 0.15) is 0 Å². The van der Waals surface area contributed by atoms with Crippen LogP contribution in [0.1, 0.15) is 28.5 Å². The molecule has 2 aromatic rings. The molecule has 0 aliphatic carbocycles. The van der Waals surface area contributed by atoms with E-state index in [1.165, 1.54) is 0 Å². The number of carbonyl (C=O) groups is 1. The summed E-state index contributed by atoms with van der Waals surface area (Å²) in [6.07, 6.45) is 1.81. The minimum atomic E-state index is -0.406. The number of hydrogen-bond donors (Lipinski definition) is 2. The number of esters is 1. The van der Waals surface area contributed by atoms with Gasteiger partial charge in [0.25, 0.3) is 0 Å². The second-order valence-corrected chi connectivity index (χ2v) is 4.72. The van der Waals surface area contributed by atoms with Gasteiger partial charge < -0.3 is 15.8 Å². The first kappa shape index (κ1) is 14.9. The summed E-state index contributed by atoms with van der Waals surface area (Å²) in [5.74, 6) is -0.406. The van der Waals surface area contributed by atoms with Crippen LogP contribution in [-0.4, -0.2) is 22.4 Å². The highest BCUT2D eigenvalue weighted by molar-refractivity contribution is 5.98. The summed E-state index contributed by atoms with van der Waals surface area (Å²) >= 11 is 0. The van der Waals surface area contributed by atoms with Crippen LogP contribution in [0, 0.1) is 6.92 Å². The first-order chi connectivity index (χ1) is 10.0. The highest BCUT2D eigenvalue weighted by atomic mass is 16.5. The van der Waals surface area contributed by atoms with Crippen molar-refractivity contribution in [3.63, 3.8) is 0 Å². The molecule has 1 aromatic heterocycles. The lowest BCUT2D eigenvalue weighted by Gasteiger charge is -2.12. The molecule has 0 aliphatic heterocycles. The summed E-state index contributed by atoms with van der Waals surface area (Å²) in [5, 5.41) is 7.43. The van der Waals surface area contributed by atoms with Gasteiger partial charge in [-0.3, -0.25) is 4.68 Å². The Morgan fingerprint density at radius 2 is 2.24 bits per heavy atom. The Hall–Kier alpha value is -2.50. The van der Waals surface area contributed by atoms with Gasteiger partial charge in [0.05, 0.1) is 29.7 Å². The van der Waals surface area contributed by atoms with Gasteiger partial charge in [-0.25, -0.2) is 4.79 Å². The molecule has 6 heteroatoms. The fourth-order valence-electron chi connectivity index (χ4n) is 2.01. The zero-order chi connectivity index (χ0) is 15.4. The Morgan fingerprint density at radius 3 is 2.86 bits per heavy atom. The van der Waals surface area contributed by atoms with Gasteiger partial charge in [-0.15, -0.1) is 0 Å². The average molecular weight is 288 g/mol. The number of nitrogens with two attached hydrogens (primary N) is 1. The summed E-state index contributed by atoms with van der Waals surface area (Å²) in [4.78, 5) is 11.8. The van der Waals surface area contributed by atoms with E-state index in [0.29, 0.717) is 30.1 Å². The maximum Gasteiger partial charge on any atom is 0.340 e. The molecule has 0 aliphatic rings. The highest BCUT2D eigenvalue weighted by Crippen LogP contribution is 2.24. The molecule has 0 saturated carbocycles. The van der Waals surface area contributed by atoms with Crippen LogP contribution in [0.15, 0.2) is 24.4 Å². The monoisotopic (exact) mass is 288 g/mol. The third-order valence-corrected chi connectivity index (χ3v) is 3.41. The standard InChI is InChI=1S/C15H20N4O2/c1-4-21-15(20)12-6-5-7-13(14(12)16)17-8-11-9-18-19(3)10(11)2/h5-7,9,17H,4,8,16H2,1-3H3. The number of nitrogen functional groups attached to an aromatic ring is 1. The number of nitrogens with zero attached hydrogens (tertiary/aromatic N) is 2. The molecular weight excluding hydrogens is 268 g/mol. The number of aryl methyl sites for hydroxylation is 1. The lowest BCUT2D eigenvalue weighted by atomic mass is 10.1. The van der Waals surface area contributed by atoms with E-state index in [-0.39, 0.29) is 0 Å². The second-order valence-electron chi connectivity index (χ2n) is 4.72. The molecular formula is C15H20N4O2. The minimum Gasteiger partial charge on any atom is -0.462 e. The van der Waals surface area contributed by atoms with Crippen molar-refractivity contribution in [1.29, 1.82) is 0 Å². The van der Waals surface area contributed by atoms with E-state index in [1.807, 2.05) is 30.9 Å². The molecule has 0 amide bonds. The molecule has 0 bridgehead atoms. The van der Waals surface area contributed by atoms with E-state index in [2.05, 4.69) is 10.4 Å². The molecule has 112 valence electrons. The van der Waals surface area contributed by atoms with Crippen molar-refractivity contribution in [2.75, 3.05) is 17.7 Å². The van der Waals surface area contributed by atoms with Crippen molar-refractivity contribution in [2.45, 2.75) is 20.4 Å². The van der Waals surface area contributed by atoms with Gasteiger partial charge >= 0.3 is 5.97 Å². The molecule has 0 saturated heterocycles. The lowest BCUT2D eigenvalue weighted by Crippen LogP contribution is -2.10. The first-order valence-corrected chi connectivity index (χ1v) is 6.81. The van der Waals surface area contributed by atoms with Crippen LogP contribution in [0.3, 0.4) is 0 Å². The Balaban J connectivity index is 2.15. The van der Waals surface area contributed by atoms with Crippen molar-refractivity contribution in [1.82, 2.24) is 9.78 Å². The Labute approximate surface area is 123 Å². The van der Waals surface area contributed by atoms with E-state index < -0.39 is 5.97 Å². The highest BCUT2D eigenvalue weighted by Gasteiger charge is 2.13. The summed E-state index contributed by atoms with van der Waals surface area (Å²) in [6.45, 7) is 4.69. The van der Waals surface area contributed by atoms with Crippen molar-refractivity contribution < 1.29 is 9.53 Å². The third-order valence-electron chi connectivity index (χ3n) is 3.41. The van der Waals surface area contributed by atoms with E-state index >= 15 is 0 Å². The number of para-hydroxylation sites is 1. The van der Waals surface area contributed by atoms with E-state index in [4.69, 9.17) is 10.5 Å². The molecule has 0 unspecified atom stereocenters. The largest absolute Gasteiger partial charge is 0.462 e. The van der Waals surface area contributed by atoms with E-state index in [9.17, 15) is 4.79 Å². The van der Waals surface area contributed by atoms with Crippen LogP contribution in [0.2, 0.25) is 0 Å². The van der Waals surface area contributed by atoms with Gasteiger partial charge in [0.15, 0.2) is 0 Å². The SMILES string of the molecule is CCOC(=O)c1cccc(NCc2cnn(C)c2C)c1N. The summed E-state index contributed by atoms with van der Waals surface area (Å²) in [5.41, 5.74) is 9.70. The number of rotatable bonds is 5. The number of carbonyl (C=O) groups excluding carboxylic acids is 1. The quantitative estimate of drug-likeness (QED) is 0.650. The van der Waals surface area contributed by atoms with Crippen LogP contribution in [0.4, 0.5) is 11.4 Å². The van der Waals surface area contributed by atoms with Gasteiger partial charge in [-0.2, -0.15) is 5.10 Å². The second kappa shape index (κ2) is 6.30. The van der Waals surface area contributed by atoms with Crippen molar-refractivity contribution in [2.24, 2.45) is 7.05 Å². The Kier molecular flexibility index (Phi) is 4.47. The van der Waals surface area contributed by atoms with Crippen LogP contribution in [0.5, 0.6) is 0 Å². The molecule has 1 heterocycles. The smallest absolute Gasteiger partial charge is 0.340 e. The summed E-state index contributed by atoms with van der Waals surface area (Å²) in [6, 6.07) is 5.28. The number of ether oxygens (including phenoxy) is 1. The Bertz CT molecular complexity index is 649. The minimum absolute atomic E-state index is 0.324. The van der Waals surface area contributed by atoms with Crippen molar-refractivity contribution >= 4 is 17.3 Å². The van der Waals surface area contributed by atoms with Gasteiger partial charge in [-0.1, -0.05) is 6.07 Å². The predicted octanol–water partition coefficient (Wildman–Crippen LogP) is 2.10.